The molecule has 0 radical (unpaired) electrons. The molecule has 3 aliphatic rings. The highest BCUT2D eigenvalue weighted by Gasteiger charge is 2.83. The summed E-state index contributed by atoms with van der Waals surface area (Å²) in [6, 6.07) is 19.7. The number of para-hydroxylation sites is 2. The number of fused-ring (bicyclic) bond motifs is 2. The van der Waals surface area contributed by atoms with Gasteiger partial charge in [-0.2, -0.15) is 0 Å². The molecule has 31 heavy (non-hydrogen) atoms. The summed E-state index contributed by atoms with van der Waals surface area (Å²) in [7, 11) is 0. The van der Waals surface area contributed by atoms with Gasteiger partial charge in [-0.25, -0.2) is 14.5 Å². The number of urea groups is 1. The predicted molar refractivity (Wildman–Crippen MR) is 110 cm³/mol. The van der Waals surface area contributed by atoms with Gasteiger partial charge in [0.25, 0.3) is 5.72 Å². The first kappa shape index (κ1) is 18.0. The number of nitrogens with zero attached hydrogens (tertiary/aromatic N) is 2. The van der Waals surface area contributed by atoms with Crippen molar-refractivity contribution in [3.63, 3.8) is 0 Å². The van der Waals surface area contributed by atoms with Crippen LogP contribution in [0.3, 0.4) is 0 Å². The highest BCUT2D eigenvalue weighted by Crippen LogP contribution is 2.64. The fraction of sp³-hybridized carbons (Fsp3) is 0.217. The zero-order valence-electron chi connectivity index (χ0n) is 16.6. The molecule has 0 saturated carbocycles. The zero-order chi connectivity index (χ0) is 21.2. The molecule has 3 atom stereocenters. The standard InChI is InChI=1S/C23H19N3O5/c1-2-29-19-16-11-6-7-12-17(16)26-21(28)25(15-9-4-3-5-10-15)23(18-13-8-14-30-18)22(19,26)24-20(27)31-23/h3-14,19H,2H2,1H3,(H,24,27)/t19-,22-,23-/m1/s1. The Balaban J connectivity index is 1.71. The number of anilines is 2. The molecule has 8 heteroatoms. The summed E-state index contributed by atoms with van der Waals surface area (Å²) < 4.78 is 18.0. The summed E-state index contributed by atoms with van der Waals surface area (Å²) >= 11 is 0. The largest absolute Gasteiger partial charge is 0.463 e. The average molecular weight is 417 g/mol. The van der Waals surface area contributed by atoms with Crippen molar-refractivity contribution in [2.45, 2.75) is 24.4 Å². The van der Waals surface area contributed by atoms with Gasteiger partial charge in [-0.3, -0.25) is 10.2 Å². The molecule has 2 aromatic carbocycles. The third-order valence-electron chi connectivity index (χ3n) is 6.14. The van der Waals surface area contributed by atoms with Crippen LogP contribution in [0, 0.1) is 0 Å². The van der Waals surface area contributed by atoms with E-state index in [-0.39, 0.29) is 6.03 Å². The molecule has 0 bridgehead atoms. The highest BCUT2D eigenvalue weighted by atomic mass is 16.6. The van der Waals surface area contributed by atoms with Gasteiger partial charge in [0, 0.05) is 12.2 Å². The van der Waals surface area contributed by atoms with E-state index >= 15 is 0 Å². The predicted octanol–water partition coefficient (Wildman–Crippen LogP) is 4.11. The van der Waals surface area contributed by atoms with Gasteiger partial charge >= 0.3 is 12.1 Å². The topological polar surface area (TPSA) is 84.2 Å². The van der Waals surface area contributed by atoms with Crippen molar-refractivity contribution in [1.82, 2.24) is 5.32 Å². The fourth-order valence-electron chi connectivity index (χ4n) is 5.14. The van der Waals surface area contributed by atoms with E-state index in [1.165, 1.54) is 11.2 Å². The Labute approximate surface area is 177 Å². The molecule has 0 unspecified atom stereocenters. The number of carbonyl (C=O) groups excluding carboxylic acids is 2. The minimum absolute atomic E-state index is 0.322. The number of furan rings is 1. The van der Waals surface area contributed by atoms with E-state index in [9.17, 15) is 9.59 Å². The van der Waals surface area contributed by atoms with Crippen molar-refractivity contribution in [1.29, 1.82) is 0 Å². The quantitative estimate of drug-likeness (QED) is 0.691. The third kappa shape index (κ3) is 1.98. The van der Waals surface area contributed by atoms with Gasteiger partial charge in [0.05, 0.1) is 17.6 Å². The van der Waals surface area contributed by atoms with E-state index < -0.39 is 23.6 Å². The minimum Gasteiger partial charge on any atom is -0.463 e. The van der Waals surface area contributed by atoms with Crippen molar-refractivity contribution < 1.29 is 23.5 Å². The molecule has 1 N–H and O–H groups in total. The van der Waals surface area contributed by atoms with E-state index in [2.05, 4.69) is 5.32 Å². The second-order valence-electron chi connectivity index (χ2n) is 7.59. The van der Waals surface area contributed by atoms with Crippen molar-refractivity contribution >= 4 is 23.5 Å². The van der Waals surface area contributed by atoms with E-state index in [0.717, 1.165) is 5.56 Å². The van der Waals surface area contributed by atoms with Crippen LogP contribution in [0.4, 0.5) is 21.0 Å². The van der Waals surface area contributed by atoms with Crippen molar-refractivity contribution in [3.05, 3.63) is 84.3 Å². The van der Waals surface area contributed by atoms with Crippen molar-refractivity contribution in [2.24, 2.45) is 0 Å². The number of rotatable bonds is 4. The molecule has 8 nitrogen and oxygen atoms in total. The molecule has 6 rings (SSSR count). The van der Waals surface area contributed by atoms with Gasteiger partial charge in [0.15, 0.2) is 5.76 Å². The fourth-order valence-corrected chi connectivity index (χ4v) is 5.14. The first-order valence-electron chi connectivity index (χ1n) is 10.1. The maximum atomic E-state index is 14.0. The number of hydrogen-bond acceptors (Lipinski definition) is 5. The summed E-state index contributed by atoms with van der Waals surface area (Å²) in [4.78, 5) is 30.0. The van der Waals surface area contributed by atoms with E-state index in [0.29, 0.717) is 23.7 Å². The number of carbonyl (C=O) groups is 2. The Morgan fingerprint density at radius 2 is 1.77 bits per heavy atom. The second kappa shape index (κ2) is 6.12. The van der Waals surface area contributed by atoms with Crippen LogP contribution in [0.15, 0.2) is 77.4 Å². The number of ether oxygens (including phenoxy) is 2. The maximum Gasteiger partial charge on any atom is 0.411 e. The van der Waals surface area contributed by atoms with Gasteiger partial charge in [0.1, 0.15) is 6.10 Å². The average Bonchev–Trinajstić information content (AvgIpc) is 3.50. The third-order valence-corrected chi connectivity index (χ3v) is 6.14. The summed E-state index contributed by atoms with van der Waals surface area (Å²) in [6.45, 7) is 2.25. The molecule has 2 saturated heterocycles. The van der Waals surface area contributed by atoms with Crippen LogP contribution in [0.1, 0.15) is 24.4 Å². The van der Waals surface area contributed by atoms with Gasteiger partial charge in [-0.05, 0) is 37.3 Å². The first-order valence-corrected chi connectivity index (χ1v) is 10.1. The van der Waals surface area contributed by atoms with Crippen LogP contribution in [0.5, 0.6) is 0 Å². The smallest absolute Gasteiger partial charge is 0.411 e. The van der Waals surface area contributed by atoms with E-state index in [1.807, 2.05) is 49.4 Å². The molecule has 2 fully saturated rings. The summed E-state index contributed by atoms with van der Waals surface area (Å²) in [5.41, 5.74) is -0.987. The molecular formula is C23H19N3O5. The van der Waals surface area contributed by atoms with Gasteiger partial charge in [-0.1, -0.05) is 36.4 Å². The Kier molecular flexibility index (Phi) is 3.56. The highest BCUT2D eigenvalue weighted by molar-refractivity contribution is 6.13. The van der Waals surface area contributed by atoms with Crippen molar-refractivity contribution in [2.75, 3.05) is 16.4 Å². The first-order chi connectivity index (χ1) is 15.1. The molecule has 0 aliphatic carbocycles. The second-order valence-corrected chi connectivity index (χ2v) is 7.59. The maximum absolute atomic E-state index is 14.0. The van der Waals surface area contributed by atoms with E-state index in [1.54, 1.807) is 29.2 Å². The number of benzene rings is 2. The lowest BCUT2D eigenvalue weighted by molar-refractivity contribution is -0.0740. The van der Waals surface area contributed by atoms with Crippen LogP contribution >= 0.6 is 0 Å². The normalized spacial score (nSPS) is 28.2. The molecule has 156 valence electrons. The van der Waals surface area contributed by atoms with Crippen LogP contribution in [-0.2, 0) is 15.2 Å². The number of alkyl carbamates (subject to hydrolysis) is 1. The summed E-state index contributed by atoms with van der Waals surface area (Å²) in [6.07, 6.45) is 0.160. The lowest BCUT2D eigenvalue weighted by Crippen LogP contribution is -2.64. The molecule has 4 heterocycles. The Morgan fingerprint density at radius 3 is 2.52 bits per heavy atom. The SMILES string of the molecule is CCO[C@@H]1c2ccccc2N2C(=O)N(c3ccccc3)[C@]3(c4ccco4)OC(=O)N[C@]123. The Bertz CT molecular complexity index is 1180. The van der Waals surface area contributed by atoms with Crippen LogP contribution in [0.25, 0.3) is 0 Å². The van der Waals surface area contributed by atoms with Crippen LogP contribution in [-0.4, -0.2) is 24.4 Å². The molecule has 3 aromatic rings. The van der Waals surface area contributed by atoms with Gasteiger partial charge < -0.3 is 13.9 Å². The molecule has 3 amide bonds. The zero-order valence-corrected chi connectivity index (χ0v) is 16.6. The number of hydrogen-bond donors (Lipinski definition) is 1. The Hall–Kier alpha value is -3.78. The lowest BCUT2D eigenvalue weighted by Gasteiger charge is -2.40. The molecule has 3 aliphatic heterocycles. The Morgan fingerprint density at radius 1 is 1.00 bits per heavy atom. The minimum atomic E-state index is -1.62. The summed E-state index contributed by atoms with van der Waals surface area (Å²) in [5.74, 6) is 0.322. The van der Waals surface area contributed by atoms with Gasteiger partial charge in [-0.15, -0.1) is 0 Å². The molecule has 1 spiro atoms. The van der Waals surface area contributed by atoms with Gasteiger partial charge in [0.2, 0.25) is 5.66 Å². The van der Waals surface area contributed by atoms with Crippen molar-refractivity contribution in [3.8, 4) is 0 Å². The lowest BCUT2D eigenvalue weighted by atomic mass is 9.87. The molecular weight excluding hydrogens is 398 g/mol. The molecule has 1 aromatic heterocycles. The van der Waals surface area contributed by atoms with Crippen LogP contribution in [0.2, 0.25) is 0 Å². The number of amides is 3. The van der Waals surface area contributed by atoms with E-state index in [4.69, 9.17) is 13.9 Å². The number of nitrogens with one attached hydrogen (secondary N) is 1. The summed E-state index contributed by atoms with van der Waals surface area (Å²) in [5, 5.41) is 2.95. The monoisotopic (exact) mass is 417 g/mol. The van der Waals surface area contributed by atoms with Crippen LogP contribution < -0.4 is 15.1 Å².